The molecule has 0 aliphatic carbocycles. The Balaban J connectivity index is 1.60. The third-order valence-corrected chi connectivity index (χ3v) is 7.30. The van der Waals surface area contributed by atoms with Crippen LogP contribution in [0.5, 0.6) is 0 Å². The van der Waals surface area contributed by atoms with Gasteiger partial charge in [-0.3, -0.25) is 4.90 Å². The highest BCUT2D eigenvalue weighted by Crippen LogP contribution is 2.25. The van der Waals surface area contributed by atoms with Crippen molar-refractivity contribution in [1.29, 1.82) is 0 Å². The second kappa shape index (κ2) is 8.61. The average Bonchev–Trinajstić information content (AvgIpc) is 3.00. The topological polar surface area (TPSA) is 64.1 Å². The summed E-state index contributed by atoms with van der Waals surface area (Å²) in [6.07, 6.45) is -0.613. The van der Waals surface area contributed by atoms with Crippen LogP contribution < -0.4 is 4.90 Å². The molecule has 0 unspecified atom stereocenters. The van der Waals surface area contributed by atoms with Crippen LogP contribution in [0, 0.1) is 5.92 Å². The predicted octanol–water partition coefficient (Wildman–Crippen LogP) is 2.14. The van der Waals surface area contributed by atoms with Crippen LogP contribution in [0.15, 0.2) is 54.6 Å². The third-order valence-electron chi connectivity index (χ3n) is 5.34. The second-order valence-electron chi connectivity index (χ2n) is 7.64. The Labute approximate surface area is 168 Å². The number of aliphatic hydroxyl groups is 1. The van der Waals surface area contributed by atoms with Gasteiger partial charge in [-0.05, 0) is 29.8 Å². The highest BCUT2D eigenvalue weighted by atomic mass is 32.2. The zero-order valence-corrected chi connectivity index (χ0v) is 17.5. The van der Waals surface area contributed by atoms with Gasteiger partial charge in [0.2, 0.25) is 10.0 Å². The quantitative estimate of drug-likeness (QED) is 0.767. The van der Waals surface area contributed by atoms with Crippen LogP contribution in [0.1, 0.15) is 5.56 Å². The van der Waals surface area contributed by atoms with E-state index < -0.39 is 16.1 Å². The van der Waals surface area contributed by atoms with Crippen molar-refractivity contribution >= 4 is 21.4 Å². The van der Waals surface area contributed by atoms with Crippen molar-refractivity contribution in [1.82, 2.24) is 9.21 Å². The van der Waals surface area contributed by atoms with E-state index in [0.29, 0.717) is 19.6 Å². The fourth-order valence-electron chi connectivity index (χ4n) is 3.54. The Morgan fingerprint density at radius 3 is 2.18 bits per heavy atom. The van der Waals surface area contributed by atoms with Gasteiger partial charge in [-0.2, -0.15) is 0 Å². The highest BCUT2D eigenvalue weighted by molar-refractivity contribution is 7.89. The fourth-order valence-corrected chi connectivity index (χ4v) is 4.70. The molecule has 0 radical (unpaired) electrons. The van der Waals surface area contributed by atoms with Gasteiger partial charge in [0.1, 0.15) is 0 Å². The summed E-state index contributed by atoms with van der Waals surface area (Å²) in [7, 11) is 1.79. The molecule has 1 aliphatic rings. The molecule has 28 heavy (non-hydrogen) atoms. The Morgan fingerprint density at radius 2 is 1.57 bits per heavy atom. The van der Waals surface area contributed by atoms with Crippen LogP contribution in [-0.4, -0.2) is 68.8 Å². The molecule has 6 nitrogen and oxygen atoms in total. The minimum atomic E-state index is -3.31. The zero-order valence-electron chi connectivity index (χ0n) is 16.7. The van der Waals surface area contributed by atoms with Gasteiger partial charge in [0.25, 0.3) is 0 Å². The normalized spacial score (nSPS) is 20.6. The molecule has 2 atom stereocenters. The van der Waals surface area contributed by atoms with Crippen molar-refractivity contribution in [3.05, 3.63) is 60.2 Å². The number of hydrogen-bond donors (Lipinski definition) is 1. The average molecular weight is 404 g/mol. The molecule has 1 fully saturated rings. The second-order valence-corrected chi connectivity index (χ2v) is 9.87. The number of nitrogens with zero attached hydrogens (tertiary/aromatic N) is 3. The Hall–Kier alpha value is -1.93. The van der Waals surface area contributed by atoms with Crippen LogP contribution in [-0.2, 0) is 16.6 Å². The maximum atomic E-state index is 12.1. The lowest BCUT2D eigenvalue weighted by atomic mass is 10.1. The van der Waals surface area contributed by atoms with E-state index in [9.17, 15) is 13.5 Å². The number of likely N-dealkylation sites (tertiary alicyclic amines) is 1. The molecule has 1 heterocycles. The molecule has 0 amide bonds. The molecule has 1 aliphatic heterocycles. The number of anilines is 2. The van der Waals surface area contributed by atoms with Crippen molar-refractivity contribution in [3.8, 4) is 0 Å². The molecule has 0 saturated carbocycles. The van der Waals surface area contributed by atoms with Gasteiger partial charge < -0.3 is 10.0 Å². The van der Waals surface area contributed by atoms with E-state index in [4.69, 9.17) is 0 Å². The summed E-state index contributed by atoms with van der Waals surface area (Å²) in [5, 5.41) is 10.3. The Morgan fingerprint density at radius 1 is 0.964 bits per heavy atom. The van der Waals surface area contributed by atoms with Crippen LogP contribution in [0.2, 0.25) is 0 Å². The van der Waals surface area contributed by atoms with Gasteiger partial charge in [0.05, 0.1) is 11.9 Å². The van der Waals surface area contributed by atoms with Gasteiger partial charge in [-0.1, -0.05) is 30.3 Å². The van der Waals surface area contributed by atoms with Crippen LogP contribution in [0.3, 0.4) is 0 Å². The Kier molecular flexibility index (Phi) is 6.40. The first-order valence-electron chi connectivity index (χ1n) is 9.44. The molecular weight excluding hydrogens is 374 g/mol. The minimum absolute atomic E-state index is 0.0154. The van der Waals surface area contributed by atoms with Crippen molar-refractivity contribution in [2.45, 2.75) is 12.6 Å². The predicted molar refractivity (Wildman–Crippen MR) is 113 cm³/mol. The standard InChI is InChI=1S/C21H29N3O3S/c1-22(2)28(26,27)16-18-14-24(15-21(18)25)13-17-9-11-20(12-10-17)23(3)19-7-5-4-6-8-19/h4-12,18,21,25H,13-16H2,1-3H3/t18-,21+/m0/s1. The molecule has 2 aromatic carbocycles. The molecule has 0 aromatic heterocycles. The minimum Gasteiger partial charge on any atom is -0.391 e. The zero-order chi connectivity index (χ0) is 20.3. The molecule has 152 valence electrons. The van der Waals surface area contributed by atoms with Crippen LogP contribution in [0.4, 0.5) is 11.4 Å². The van der Waals surface area contributed by atoms with Crippen molar-refractivity contribution in [2.24, 2.45) is 5.92 Å². The largest absolute Gasteiger partial charge is 0.391 e. The molecule has 2 aromatic rings. The number of β-amino-alcohol motifs (C(OH)–C–C–N with tert-alkyl or cyclic N) is 1. The SMILES string of the molecule is CN(c1ccccc1)c1ccc(CN2C[C@@H](CS(=O)(=O)N(C)C)[C@H](O)C2)cc1. The van der Waals surface area contributed by atoms with E-state index >= 15 is 0 Å². The van der Waals surface area contributed by atoms with Crippen molar-refractivity contribution in [2.75, 3.05) is 44.9 Å². The first-order chi connectivity index (χ1) is 13.3. The number of rotatable bonds is 7. The van der Waals surface area contributed by atoms with E-state index in [1.54, 1.807) is 0 Å². The number of sulfonamides is 1. The van der Waals surface area contributed by atoms with E-state index in [0.717, 1.165) is 16.9 Å². The molecule has 0 spiro atoms. The van der Waals surface area contributed by atoms with Gasteiger partial charge >= 0.3 is 0 Å². The van der Waals surface area contributed by atoms with Gasteiger partial charge in [0, 0.05) is 58.1 Å². The smallest absolute Gasteiger partial charge is 0.214 e. The van der Waals surface area contributed by atoms with E-state index in [-0.39, 0.29) is 11.7 Å². The third kappa shape index (κ3) is 4.91. The number of aliphatic hydroxyl groups excluding tert-OH is 1. The van der Waals surface area contributed by atoms with Crippen molar-refractivity contribution < 1.29 is 13.5 Å². The van der Waals surface area contributed by atoms with Crippen molar-refractivity contribution in [3.63, 3.8) is 0 Å². The lowest BCUT2D eigenvalue weighted by Gasteiger charge is -2.21. The number of para-hydroxylation sites is 1. The summed E-state index contributed by atoms with van der Waals surface area (Å²) in [4.78, 5) is 4.25. The summed E-state index contributed by atoms with van der Waals surface area (Å²) in [5.74, 6) is -0.269. The van der Waals surface area contributed by atoms with Crippen LogP contribution in [0.25, 0.3) is 0 Å². The summed E-state index contributed by atoms with van der Waals surface area (Å²) in [6.45, 7) is 1.78. The lowest BCUT2D eigenvalue weighted by molar-refractivity contribution is 0.148. The van der Waals surface area contributed by atoms with Gasteiger partial charge in [0.15, 0.2) is 0 Å². The van der Waals surface area contributed by atoms with E-state index in [1.807, 2.05) is 25.2 Å². The fraction of sp³-hybridized carbons (Fsp3) is 0.429. The maximum absolute atomic E-state index is 12.1. The first-order valence-corrected chi connectivity index (χ1v) is 11.1. The van der Waals surface area contributed by atoms with Crippen LogP contribution >= 0.6 is 0 Å². The Bertz CT molecular complexity index is 870. The van der Waals surface area contributed by atoms with E-state index in [1.165, 1.54) is 18.4 Å². The lowest BCUT2D eigenvalue weighted by Crippen LogP contribution is -2.33. The number of benzene rings is 2. The summed E-state index contributed by atoms with van der Waals surface area (Å²) in [5.41, 5.74) is 3.38. The highest BCUT2D eigenvalue weighted by Gasteiger charge is 2.35. The van der Waals surface area contributed by atoms with Gasteiger partial charge in [-0.25, -0.2) is 12.7 Å². The summed E-state index contributed by atoms with van der Waals surface area (Å²) < 4.78 is 25.4. The summed E-state index contributed by atoms with van der Waals surface area (Å²) >= 11 is 0. The van der Waals surface area contributed by atoms with E-state index in [2.05, 4.69) is 46.2 Å². The maximum Gasteiger partial charge on any atom is 0.214 e. The number of hydrogen-bond acceptors (Lipinski definition) is 5. The molecular formula is C21H29N3O3S. The molecule has 0 bridgehead atoms. The van der Waals surface area contributed by atoms with Gasteiger partial charge in [-0.15, -0.1) is 0 Å². The molecule has 7 heteroatoms. The summed E-state index contributed by atoms with van der Waals surface area (Å²) in [6, 6.07) is 18.5. The first kappa shape index (κ1) is 20.8. The monoisotopic (exact) mass is 403 g/mol. The molecule has 1 N–H and O–H groups in total. The molecule has 1 saturated heterocycles. The molecule has 3 rings (SSSR count).